The third kappa shape index (κ3) is 59.0. The summed E-state index contributed by atoms with van der Waals surface area (Å²) >= 11 is 0. The SMILES string of the molecule is CCCCCCC/C=C\C/C=C\CCCCCCCCCCCC(=O)OC(COC(=O)CCCCCCCCCCCCCCCCCCC/C=C\CCCCCCCCCC)COC(OCC[N+](C)(C)C)C(=O)[O-]. The first-order valence-corrected chi connectivity index (χ1v) is 32.1. The maximum absolute atomic E-state index is 12.9. The number of allylic oxidation sites excluding steroid dienone is 6. The second kappa shape index (κ2) is 57.7. The van der Waals surface area contributed by atoms with Crippen molar-refractivity contribution >= 4 is 17.9 Å². The fraction of sp³-hybridized carbons (Fsp3) is 0.864. The van der Waals surface area contributed by atoms with Crippen LogP contribution in [0.5, 0.6) is 0 Å². The van der Waals surface area contributed by atoms with E-state index in [2.05, 4.69) is 50.3 Å². The molecule has 440 valence electrons. The van der Waals surface area contributed by atoms with Gasteiger partial charge in [-0.2, -0.15) is 0 Å². The summed E-state index contributed by atoms with van der Waals surface area (Å²) in [6, 6.07) is 0. The molecule has 0 amide bonds. The fourth-order valence-corrected chi connectivity index (χ4v) is 9.39. The van der Waals surface area contributed by atoms with Crippen molar-refractivity contribution in [1.82, 2.24) is 0 Å². The van der Waals surface area contributed by atoms with E-state index < -0.39 is 24.3 Å². The van der Waals surface area contributed by atoms with Crippen molar-refractivity contribution in [2.24, 2.45) is 0 Å². The van der Waals surface area contributed by atoms with Crippen molar-refractivity contribution in [3.63, 3.8) is 0 Å². The molecule has 0 fully saturated rings. The van der Waals surface area contributed by atoms with Crippen LogP contribution >= 0.6 is 0 Å². The molecule has 0 rings (SSSR count). The lowest BCUT2D eigenvalue weighted by molar-refractivity contribution is -0.870. The number of carbonyl (C=O) groups is 3. The number of hydrogen-bond acceptors (Lipinski definition) is 8. The van der Waals surface area contributed by atoms with E-state index in [0.717, 1.165) is 51.4 Å². The van der Waals surface area contributed by atoms with Crippen LogP contribution in [0.3, 0.4) is 0 Å². The molecular weight excluding hydrogens is 935 g/mol. The Morgan fingerprint density at radius 2 is 0.720 bits per heavy atom. The summed E-state index contributed by atoms with van der Waals surface area (Å²) < 4.78 is 22.8. The molecule has 0 aliphatic rings. The van der Waals surface area contributed by atoms with Crippen molar-refractivity contribution in [1.29, 1.82) is 0 Å². The first kappa shape index (κ1) is 72.5. The lowest BCUT2D eigenvalue weighted by Crippen LogP contribution is -2.44. The highest BCUT2D eigenvalue weighted by atomic mass is 16.7. The predicted octanol–water partition coefficient (Wildman–Crippen LogP) is 17.9. The highest BCUT2D eigenvalue weighted by Gasteiger charge is 2.22. The number of carbonyl (C=O) groups excluding carboxylic acids is 3. The van der Waals surface area contributed by atoms with E-state index in [1.54, 1.807) is 0 Å². The molecule has 2 atom stereocenters. The number of aliphatic carboxylic acids is 1. The molecule has 9 heteroatoms. The fourth-order valence-electron chi connectivity index (χ4n) is 9.39. The number of nitrogens with zero attached hydrogens (tertiary/aromatic N) is 1. The number of esters is 2. The van der Waals surface area contributed by atoms with E-state index in [4.69, 9.17) is 18.9 Å². The quantitative estimate of drug-likeness (QED) is 0.0195. The normalized spacial score (nSPS) is 12.9. The Morgan fingerprint density at radius 1 is 0.400 bits per heavy atom. The van der Waals surface area contributed by atoms with Crippen LogP contribution in [-0.2, 0) is 33.3 Å². The Morgan fingerprint density at radius 3 is 1.07 bits per heavy atom. The highest BCUT2D eigenvalue weighted by Crippen LogP contribution is 2.17. The zero-order valence-electron chi connectivity index (χ0n) is 50.2. The van der Waals surface area contributed by atoms with Gasteiger partial charge in [0.25, 0.3) is 0 Å². The van der Waals surface area contributed by atoms with Gasteiger partial charge in [0.15, 0.2) is 12.4 Å². The van der Waals surface area contributed by atoms with Crippen molar-refractivity contribution in [3.05, 3.63) is 36.5 Å². The smallest absolute Gasteiger partial charge is 0.306 e. The number of unbranched alkanes of at least 4 members (excludes halogenated alkanes) is 39. The second-order valence-corrected chi connectivity index (χ2v) is 23.0. The molecule has 0 aromatic carbocycles. The molecule has 0 saturated heterocycles. The van der Waals surface area contributed by atoms with E-state index in [9.17, 15) is 19.5 Å². The van der Waals surface area contributed by atoms with E-state index in [1.807, 2.05) is 21.1 Å². The molecule has 0 N–H and O–H groups in total. The summed E-state index contributed by atoms with van der Waals surface area (Å²) in [4.78, 5) is 37.4. The maximum atomic E-state index is 12.9. The van der Waals surface area contributed by atoms with Gasteiger partial charge in [0.1, 0.15) is 13.2 Å². The van der Waals surface area contributed by atoms with E-state index in [0.29, 0.717) is 23.9 Å². The molecule has 0 aromatic rings. The first-order chi connectivity index (χ1) is 36.6. The minimum absolute atomic E-state index is 0.148. The van der Waals surface area contributed by atoms with Crippen molar-refractivity contribution in [3.8, 4) is 0 Å². The molecule has 0 radical (unpaired) electrons. The minimum atomic E-state index is -1.62. The van der Waals surface area contributed by atoms with Crippen molar-refractivity contribution in [2.45, 2.75) is 322 Å². The van der Waals surface area contributed by atoms with Crippen LogP contribution in [0.25, 0.3) is 0 Å². The number of carboxylic acid groups (broad SMARTS) is 1. The molecule has 0 bridgehead atoms. The standard InChI is InChI=1S/C66H123NO8/c1-6-8-10-12-14-16-18-20-22-24-26-28-29-30-31-32-33-34-35-37-38-40-42-44-46-48-50-52-54-56-63(68)73-60-62(61-74-66(65(70)71)72-59-58-67(3,4)5)75-64(69)57-55-53-51-49-47-45-43-41-39-36-27-25-23-21-19-17-15-13-11-9-7-2/h19,21,24-27,62,66H,6-18,20,22-23,28-61H2,1-5H3/b21-19-,26-24-,27-25-. The molecule has 75 heavy (non-hydrogen) atoms. The summed E-state index contributed by atoms with van der Waals surface area (Å²) in [5, 5.41) is 11.8. The monoisotopic (exact) mass is 1060 g/mol. The van der Waals surface area contributed by atoms with Crippen molar-refractivity contribution in [2.75, 3.05) is 47.5 Å². The highest BCUT2D eigenvalue weighted by molar-refractivity contribution is 5.70. The number of ether oxygens (including phenoxy) is 4. The molecule has 0 aromatic heterocycles. The predicted molar refractivity (Wildman–Crippen MR) is 316 cm³/mol. The van der Waals surface area contributed by atoms with Gasteiger partial charge in [-0.15, -0.1) is 0 Å². The van der Waals surface area contributed by atoms with Gasteiger partial charge in [-0.3, -0.25) is 9.59 Å². The van der Waals surface area contributed by atoms with Gasteiger partial charge in [-0.1, -0.05) is 262 Å². The Bertz CT molecular complexity index is 1320. The number of rotatable bonds is 60. The average molecular weight is 1060 g/mol. The van der Waals surface area contributed by atoms with Crippen LogP contribution < -0.4 is 5.11 Å². The minimum Gasteiger partial charge on any atom is -0.545 e. The summed E-state index contributed by atoms with van der Waals surface area (Å²) in [5.74, 6) is -2.27. The van der Waals surface area contributed by atoms with Crippen LogP contribution in [0, 0.1) is 0 Å². The van der Waals surface area contributed by atoms with Crippen LogP contribution in [0.4, 0.5) is 0 Å². The first-order valence-electron chi connectivity index (χ1n) is 32.1. The summed E-state index contributed by atoms with van der Waals surface area (Å²) in [6.45, 7) is 4.78. The van der Waals surface area contributed by atoms with Gasteiger partial charge in [0, 0.05) is 12.8 Å². The van der Waals surface area contributed by atoms with Gasteiger partial charge in [0.05, 0.1) is 40.3 Å². The van der Waals surface area contributed by atoms with E-state index >= 15 is 0 Å². The van der Waals surface area contributed by atoms with Crippen LogP contribution in [0.15, 0.2) is 36.5 Å². The van der Waals surface area contributed by atoms with Crippen LogP contribution in [-0.4, -0.2) is 82.3 Å². The summed E-state index contributed by atoms with van der Waals surface area (Å²) in [5.41, 5.74) is 0. The Labute approximate surface area is 464 Å². The molecule has 2 unspecified atom stereocenters. The number of likely N-dealkylation sites (N-methyl/N-ethyl adjacent to an activating group) is 1. The second-order valence-electron chi connectivity index (χ2n) is 23.0. The Kier molecular flexibility index (Phi) is 55.8. The third-order valence-corrected chi connectivity index (χ3v) is 14.4. The average Bonchev–Trinajstić information content (AvgIpc) is 3.38. The van der Waals surface area contributed by atoms with Gasteiger partial charge in [0.2, 0.25) is 0 Å². The molecule has 0 saturated carbocycles. The van der Waals surface area contributed by atoms with Gasteiger partial charge in [-0.25, -0.2) is 0 Å². The summed E-state index contributed by atoms with van der Waals surface area (Å²) in [6.07, 6.45) is 67.8. The zero-order chi connectivity index (χ0) is 54.8. The Hall–Kier alpha value is -2.49. The molecule has 0 aliphatic heterocycles. The number of hydrogen-bond donors (Lipinski definition) is 0. The van der Waals surface area contributed by atoms with Crippen LogP contribution in [0.1, 0.15) is 309 Å². The van der Waals surface area contributed by atoms with Crippen molar-refractivity contribution < 1.29 is 42.9 Å². The van der Waals surface area contributed by atoms with E-state index in [1.165, 1.54) is 225 Å². The lowest BCUT2D eigenvalue weighted by atomic mass is 10.0. The molecular formula is C66H123NO8. The summed E-state index contributed by atoms with van der Waals surface area (Å²) in [7, 11) is 5.93. The van der Waals surface area contributed by atoms with Gasteiger partial charge in [-0.05, 0) is 70.6 Å². The lowest BCUT2D eigenvalue weighted by Gasteiger charge is -2.26. The number of carboxylic acids is 1. The van der Waals surface area contributed by atoms with Gasteiger partial charge < -0.3 is 33.3 Å². The molecule has 0 heterocycles. The molecule has 0 aliphatic carbocycles. The van der Waals surface area contributed by atoms with Gasteiger partial charge >= 0.3 is 11.9 Å². The molecule has 0 spiro atoms. The third-order valence-electron chi connectivity index (χ3n) is 14.4. The maximum Gasteiger partial charge on any atom is 0.306 e. The topological polar surface area (TPSA) is 111 Å². The molecule has 9 nitrogen and oxygen atoms in total. The largest absolute Gasteiger partial charge is 0.545 e. The van der Waals surface area contributed by atoms with E-state index in [-0.39, 0.29) is 32.2 Å². The number of quaternary nitrogens is 1. The zero-order valence-corrected chi connectivity index (χ0v) is 50.2. The Balaban J connectivity index is 4.12. The van der Waals surface area contributed by atoms with Crippen LogP contribution in [0.2, 0.25) is 0 Å².